The van der Waals surface area contributed by atoms with E-state index in [-0.39, 0.29) is 0 Å². The number of hydrogen-bond donors (Lipinski definition) is 1. The van der Waals surface area contributed by atoms with Gasteiger partial charge in [0.1, 0.15) is 0 Å². The van der Waals surface area contributed by atoms with E-state index in [1.54, 1.807) is 14.2 Å². The lowest BCUT2D eigenvalue weighted by molar-refractivity contribution is 0.00923. The van der Waals surface area contributed by atoms with Gasteiger partial charge in [-0.3, -0.25) is 0 Å². The summed E-state index contributed by atoms with van der Waals surface area (Å²) in [6.07, 6.45) is 8.41. The van der Waals surface area contributed by atoms with Crippen LogP contribution >= 0.6 is 0 Å². The molecule has 122 valence electrons. The Labute approximate surface area is 134 Å². The molecule has 0 heterocycles. The lowest BCUT2D eigenvalue weighted by Crippen LogP contribution is -2.54. The van der Waals surface area contributed by atoms with Crippen LogP contribution in [0.15, 0.2) is 18.2 Å². The van der Waals surface area contributed by atoms with Crippen LogP contribution in [0.25, 0.3) is 0 Å². The molecule has 0 radical (unpaired) electrons. The number of rotatable bonds is 5. The SMILES string of the molecule is COc1ccc(CN[C@H]2CCC23CCC(C)CC3)cc1OC. The van der Waals surface area contributed by atoms with Gasteiger partial charge in [-0.25, -0.2) is 0 Å². The molecule has 2 aliphatic rings. The minimum absolute atomic E-state index is 0.600. The summed E-state index contributed by atoms with van der Waals surface area (Å²) in [5, 5.41) is 3.80. The second-order valence-electron chi connectivity index (χ2n) is 7.21. The van der Waals surface area contributed by atoms with Crippen molar-refractivity contribution in [2.45, 2.75) is 58.0 Å². The van der Waals surface area contributed by atoms with E-state index in [0.29, 0.717) is 11.5 Å². The third-order valence-electron chi connectivity index (χ3n) is 5.94. The Morgan fingerprint density at radius 1 is 1.05 bits per heavy atom. The van der Waals surface area contributed by atoms with E-state index in [1.807, 2.05) is 6.07 Å². The molecule has 0 aromatic heterocycles. The summed E-state index contributed by atoms with van der Waals surface area (Å²) in [6, 6.07) is 6.91. The van der Waals surface area contributed by atoms with Crippen LogP contribution in [0.4, 0.5) is 0 Å². The Bertz CT molecular complexity index is 506. The molecule has 0 bridgehead atoms. The summed E-state index contributed by atoms with van der Waals surface area (Å²) in [4.78, 5) is 0. The van der Waals surface area contributed by atoms with Crippen LogP contribution in [0.3, 0.4) is 0 Å². The van der Waals surface area contributed by atoms with Gasteiger partial charge < -0.3 is 14.8 Å². The zero-order chi connectivity index (χ0) is 15.6. The maximum absolute atomic E-state index is 5.39. The molecule has 1 N–H and O–H groups in total. The van der Waals surface area contributed by atoms with Crippen LogP contribution in [-0.4, -0.2) is 20.3 Å². The quantitative estimate of drug-likeness (QED) is 0.886. The fourth-order valence-corrected chi connectivity index (χ4v) is 4.18. The first-order chi connectivity index (χ1) is 10.7. The van der Waals surface area contributed by atoms with Gasteiger partial charge in [-0.2, -0.15) is 0 Å². The maximum Gasteiger partial charge on any atom is 0.161 e. The van der Waals surface area contributed by atoms with Gasteiger partial charge in [-0.05, 0) is 54.7 Å². The highest BCUT2D eigenvalue weighted by Crippen LogP contribution is 2.52. The van der Waals surface area contributed by atoms with Gasteiger partial charge in [-0.15, -0.1) is 0 Å². The van der Waals surface area contributed by atoms with E-state index in [4.69, 9.17) is 9.47 Å². The van der Waals surface area contributed by atoms with Crippen molar-refractivity contribution in [1.29, 1.82) is 0 Å². The van der Waals surface area contributed by atoms with Gasteiger partial charge in [-0.1, -0.05) is 25.8 Å². The molecule has 0 amide bonds. The van der Waals surface area contributed by atoms with Crippen molar-refractivity contribution in [2.75, 3.05) is 14.2 Å². The van der Waals surface area contributed by atoms with Crippen molar-refractivity contribution < 1.29 is 9.47 Å². The number of methoxy groups -OCH3 is 2. The van der Waals surface area contributed by atoms with Crippen molar-refractivity contribution in [3.63, 3.8) is 0 Å². The Morgan fingerprint density at radius 2 is 1.73 bits per heavy atom. The molecular formula is C19H29NO2. The molecule has 1 spiro atoms. The monoisotopic (exact) mass is 303 g/mol. The van der Waals surface area contributed by atoms with Gasteiger partial charge in [0.25, 0.3) is 0 Å². The van der Waals surface area contributed by atoms with Gasteiger partial charge in [0.05, 0.1) is 14.2 Å². The van der Waals surface area contributed by atoms with E-state index in [0.717, 1.165) is 24.0 Å². The van der Waals surface area contributed by atoms with Gasteiger partial charge in [0.2, 0.25) is 0 Å². The molecule has 1 aromatic carbocycles. The highest BCUT2D eigenvalue weighted by molar-refractivity contribution is 5.42. The van der Waals surface area contributed by atoms with E-state index >= 15 is 0 Å². The van der Waals surface area contributed by atoms with Crippen molar-refractivity contribution in [1.82, 2.24) is 5.32 Å². The van der Waals surface area contributed by atoms with E-state index in [2.05, 4.69) is 24.4 Å². The average molecular weight is 303 g/mol. The van der Waals surface area contributed by atoms with Gasteiger partial charge >= 0.3 is 0 Å². The Morgan fingerprint density at radius 3 is 2.32 bits per heavy atom. The standard InChI is InChI=1S/C19H29NO2/c1-14-6-9-19(10-7-14)11-8-18(19)20-13-15-4-5-16(21-2)17(12-15)22-3/h4-5,12,14,18,20H,6-11,13H2,1-3H3/t14?,18-,19?/m0/s1. The predicted molar refractivity (Wildman–Crippen MR) is 89.5 cm³/mol. The second kappa shape index (κ2) is 6.49. The summed E-state index contributed by atoms with van der Waals surface area (Å²) >= 11 is 0. The Balaban J connectivity index is 1.59. The lowest BCUT2D eigenvalue weighted by Gasteiger charge is -2.53. The van der Waals surface area contributed by atoms with Crippen LogP contribution in [0.5, 0.6) is 11.5 Å². The largest absolute Gasteiger partial charge is 0.493 e. The third kappa shape index (κ3) is 2.96. The van der Waals surface area contributed by atoms with Crippen LogP contribution in [0.1, 0.15) is 51.0 Å². The van der Waals surface area contributed by atoms with Crippen molar-refractivity contribution in [3.05, 3.63) is 23.8 Å². The van der Waals surface area contributed by atoms with E-state index in [9.17, 15) is 0 Å². The van der Waals surface area contributed by atoms with Gasteiger partial charge in [0, 0.05) is 12.6 Å². The Kier molecular flexibility index (Phi) is 4.62. The first kappa shape index (κ1) is 15.7. The molecule has 2 saturated carbocycles. The average Bonchev–Trinajstić information content (AvgIpc) is 2.54. The van der Waals surface area contributed by atoms with Crippen LogP contribution in [0, 0.1) is 11.3 Å². The normalized spacial score (nSPS) is 30.9. The lowest BCUT2D eigenvalue weighted by atomic mass is 9.56. The minimum Gasteiger partial charge on any atom is -0.493 e. The number of benzene rings is 1. The van der Waals surface area contributed by atoms with Crippen molar-refractivity contribution >= 4 is 0 Å². The topological polar surface area (TPSA) is 30.5 Å². The predicted octanol–water partition coefficient (Wildman–Crippen LogP) is 4.15. The molecule has 0 unspecified atom stereocenters. The van der Waals surface area contributed by atoms with Gasteiger partial charge in [0.15, 0.2) is 11.5 Å². The molecule has 3 nitrogen and oxygen atoms in total. The molecular weight excluding hydrogens is 274 g/mol. The zero-order valence-electron chi connectivity index (χ0n) is 14.2. The zero-order valence-corrected chi connectivity index (χ0v) is 14.2. The van der Waals surface area contributed by atoms with Crippen LogP contribution < -0.4 is 14.8 Å². The molecule has 22 heavy (non-hydrogen) atoms. The van der Waals surface area contributed by atoms with E-state index in [1.165, 1.54) is 44.1 Å². The molecule has 0 saturated heterocycles. The molecule has 3 rings (SSSR count). The first-order valence-electron chi connectivity index (χ1n) is 8.61. The molecule has 3 heteroatoms. The highest BCUT2D eigenvalue weighted by Gasteiger charge is 2.47. The smallest absolute Gasteiger partial charge is 0.161 e. The summed E-state index contributed by atoms with van der Waals surface area (Å²) in [7, 11) is 3.37. The Hall–Kier alpha value is -1.22. The minimum atomic E-state index is 0.600. The molecule has 2 fully saturated rings. The fourth-order valence-electron chi connectivity index (χ4n) is 4.18. The maximum atomic E-state index is 5.39. The van der Waals surface area contributed by atoms with E-state index < -0.39 is 0 Å². The number of nitrogens with one attached hydrogen (secondary N) is 1. The highest BCUT2D eigenvalue weighted by atomic mass is 16.5. The van der Waals surface area contributed by atoms with Crippen LogP contribution in [-0.2, 0) is 6.54 Å². The molecule has 0 aliphatic heterocycles. The molecule has 1 aromatic rings. The number of ether oxygens (including phenoxy) is 2. The first-order valence-corrected chi connectivity index (χ1v) is 8.61. The van der Waals surface area contributed by atoms with Crippen molar-refractivity contribution in [3.8, 4) is 11.5 Å². The molecule has 1 atom stereocenters. The summed E-state index contributed by atoms with van der Waals surface area (Å²) in [6.45, 7) is 3.32. The number of hydrogen-bond acceptors (Lipinski definition) is 3. The summed E-state index contributed by atoms with van der Waals surface area (Å²) in [5.74, 6) is 2.54. The third-order valence-corrected chi connectivity index (χ3v) is 5.94. The fraction of sp³-hybridized carbons (Fsp3) is 0.684. The second-order valence-corrected chi connectivity index (χ2v) is 7.21. The van der Waals surface area contributed by atoms with Crippen LogP contribution in [0.2, 0.25) is 0 Å². The van der Waals surface area contributed by atoms with Crippen molar-refractivity contribution in [2.24, 2.45) is 11.3 Å². The molecule has 2 aliphatic carbocycles. The summed E-state index contributed by atoms with van der Waals surface area (Å²) < 4.78 is 10.7. The summed E-state index contributed by atoms with van der Waals surface area (Å²) in [5.41, 5.74) is 1.87.